The number of amides is 1. The Hall–Kier alpha value is -2.74. The van der Waals surface area contributed by atoms with Gasteiger partial charge in [-0.3, -0.25) is 9.59 Å². The molecule has 1 saturated carbocycles. The van der Waals surface area contributed by atoms with Gasteiger partial charge in [-0.05, 0) is 38.8 Å². The number of hydrogen-bond donors (Lipinski definition) is 1. The second kappa shape index (κ2) is 9.60. The zero-order chi connectivity index (χ0) is 21.8. The normalized spacial score (nSPS) is 15.4. The van der Waals surface area contributed by atoms with Crippen LogP contribution in [0.5, 0.6) is 0 Å². The second-order valence-corrected chi connectivity index (χ2v) is 9.54. The molecule has 1 aliphatic carbocycles. The third kappa shape index (κ3) is 5.31. The van der Waals surface area contributed by atoms with Gasteiger partial charge in [0.2, 0.25) is 5.91 Å². The summed E-state index contributed by atoms with van der Waals surface area (Å²) in [5.41, 5.74) is 1.59. The van der Waals surface area contributed by atoms with E-state index in [1.165, 1.54) is 30.0 Å². The lowest BCUT2D eigenvalue weighted by Gasteiger charge is -2.21. The molecule has 1 N–H and O–H groups in total. The molecule has 0 aliphatic heterocycles. The Bertz CT molecular complexity index is 1110. The first-order valence-electron chi connectivity index (χ1n) is 10.9. The minimum absolute atomic E-state index is 0.0948. The van der Waals surface area contributed by atoms with Gasteiger partial charge in [0.15, 0.2) is 5.76 Å². The van der Waals surface area contributed by atoms with E-state index < -0.39 is 0 Å². The summed E-state index contributed by atoms with van der Waals surface area (Å²) < 4.78 is 6.65. The number of carbonyl (C=O) groups is 1. The maximum atomic E-state index is 12.8. The maximum absolute atomic E-state index is 12.8. The number of carbonyl (C=O) groups excluding carboxylic acids is 1. The molecule has 1 fully saturated rings. The molecular formula is C23H28N4O3S. The molecule has 0 aromatic carbocycles. The topological polar surface area (TPSA) is 90.0 Å². The minimum Gasteiger partial charge on any atom is -0.356 e. The van der Waals surface area contributed by atoms with Crippen LogP contribution in [0, 0.1) is 13.8 Å². The fraction of sp³-hybridized carbons (Fsp3) is 0.478. The van der Waals surface area contributed by atoms with E-state index in [2.05, 4.69) is 15.6 Å². The minimum atomic E-state index is -0.339. The van der Waals surface area contributed by atoms with Gasteiger partial charge >= 0.3 is 0 Å². The average Bonchev–Trinajstić information content (AvgIpc) is 3.33. The van der Waals surface area contributed by atoms with E-state index in [-0.39, 0.29) is 24.1 Å². The molecule has 1 aliphatic rings. The molecule has 1 amide bonds. The molecule has 3 heterocycles. The van der Waals surface area contributed by atoms with Crippen molar-refractivity contribution < 1.29 is 9.32 Å². The summed E-state index contributed by atoms with van der Waals surface area (Å²) in [7, 11) is 0. The van der Waals surface area contributed by atoms with E-state index >= 15 is 0 Å². The summed E-state index contributed by atoms with van der Waals surface area (Å²) in [4.78, 5) is 27.6. The number of aromatic nitrogens is 3. The molecule has 31 heavy (non-hydrogen) atoms. The number of nitrogens with zero attached hydrogens (tertiary/aromatic N) is 3. The monoisotopic (exact) mass is 440 g/mol. The smallest absolute Gasteiger partial charge is 0.268 e. The highest BCUT2D eigenvalue weighted by molar-refractivity contribution is 7.15. The summed E-state index contributed by atoms with van der Waals surface area (Å²) in [6, 6.07) is 7.43. The lowest BCUT2D eigenvalue weighted by atomic mass is 9.97. The Kier molecular flexibility index (Phi) is 6.65. The lowest BCUT2D eigenvalue weighted by Crippen LogP contribution is -2.39. The molecule has 7 nitrogen and oxygen atoms in total. The van der Waals surface area contributed by atoms with Crippen molar-refractivity contribution in [3.63, 3.8) is 0 Å². The molecule has 0 bridgehead atoms. The third-order valence-electron chi connectivity index (χ3n) is 5.63. The van der Waals surface area contributed by atoms with Crippen LogP contribution < -0.4 is 10.9 Å². The van der Waals surface area contributed by atoms with E-state index in [1.807, 2.05) is 26.0 Å². The Morgan fingerprint density at radius 1 is 1.16 bits per heavy atom. The van der Waals surface area contributed by atoms with Crippen molar-refractivity contribution in [2.75, 3.05) is 0 Å². The molecule has 0 saturated heterocycles. The maximum Gasteiger partial charge on any atom is 0.268 e. The third-order valence-corrected chi connectivity index (χ3v) is 6.64. The first kappa shape index (κ1) is 21.5. The van der Waals surface area contributed by atoms with Crippen molar-refractivity contribution in [3.05, 3.63) is 45.2 Å². The van der Waals surface area contributed by atoms with Gasteiger partial charge in [-0.2, -0.15) is 5.10 Å². The summed E-state index contributed by atoms with van der Waals surface area (Å²) in [6.45, 7) is 3.75. The van der Waals surface area contributed by atoms with Crippen LogP contribution >= 0.6 is 11.3 Å². The zero-order valence-electron chi connectivity index (χ0n) is 18.0. The first-order chi connectivity index (χ1) is 15.0. The predicted molar refractivity (Wildman–Crippen MR) is 121 cm³/mol. The van der Waals surface area contributed by atoms with Gasteiger partial charge in [0.1, 0.15) is 12.2 Å². The van der Waals surface area contributed by atoms with Crippen LogP contribution in [0.4, 0.5) is 0 Å². The highest BCUT2D eigenvalue weighted by Gasteiger charge is 2.20. The SMILES string of the molecule is Cc1cc(-c2cc(=O)n(CC(=O)NC3CCCCCCC3)nc2-c2ccc(C)s2)on1. The predicted octanol–water partition coefficient (Wildman–Crippen LogP) is 4.47. The van der Waals surface area contributed by atoms with Crippen molar-refractivity contribution in [3.8, 4) is 21.9 Å². The van der Waals surface area contributed by atoms with E-state index in [4.69, 9.17) is 4.52 Å². The van der Waals surface area contributed by atoms with Crippen LogP contribution in [-0.4, -0.2) is 26.9 Å². The largest absolute Gasteiger partial charge is 0.356 e. The fourth-order valence-corrected chi connectivity index (χ4v) is 4.90. The van der Waals surface area contributed by atoms with Crippen LogP contribution in [0.15, 0.2) is 33.6 Å². The van der Waals surface area contributed by atoms with Gasteiger partial charge in [0.25, 0.3) is 5.56 Å². The van der Waals surface area contributed by atoms with Gasteiger partial charge in [0, 0.05) is 23.1 Å². The number of hydrogen-bond acceptors (Lipinski definition) is 6. The molecule has 4 rings (SSSR count). The first-order valence-corrected chi connectivity index (χ1v) is 11.7. The second-order valence-electron chi connectivity index (χ2n) is 8.25. The Labute approximate surface area is 185 Å². The summed E-state index contributed by atoms with van der Waals surface area (Å²) >= 11 is 1.58. The van der Waals surface area contributed by atoms with Crippen LogP contribution in [0.1, 0.15) is 55.5 Å². The molecule has 0 atom stereocenters. The Morgan fingerprint density at radius 2 is 1.90 bits per heavy atom. The van der Waals surface area contributed by atoms with Gasteiger partial charge in [-0.15, -0.1) is 11.3 Å². The number of aryl methyl sites for hydroxylation is 2. The molecule has 164 valence electrons. The highest BCUT2D eigenvalue weighted by atomic mass is 32.1. The van der Waals surface area contributed by atoms with Gasteiger partial charge in [-0.1, -0.05) is 37.3 Å². The standard InChI is InChI=1S/C23H28N4O3S/c1-15-12-19(30-26-15)18-13-22(29)27(25-23(18)20-11-10-16(2)31-20)14-21(28)24-17-8-6-4-3-5-7-9-17/h10-13,17H,3-9,14H2,1-2H3,(H,24,28). The van der Waals surface area contributed by atoms with Crippen molar-refractivity contribution in [1.82, 2.24) is 20.3 Å². The van der Waals surface area contributed by atoms with Crippen molar-refractivity contribution in [1.29, 1.82) is 0 Å². The van der Waals surface area contributed by atoms with Crippen LogP contribution in [0.25, 0.3) is 21.9 Å². The number of thiophene rings is 1. The van der Waals surface area contributed by atoms with Crippen LogP contribution in [0.2, 0.25) is 0 Å². The molecule has 8 heteroatoms. The van der Waals surface area contributed by atoms with Crippen LogP contribution in [0.3, 0.4) is 0 Å². The average molecular weight is 441 g/mol. The molecular weight excluding hydrogens is 412 g/mol. The Morgan fingerprint density at radius 3 is 2.55 bits per heavy atom. The van der Waals surface area contributed by atoms with E-state index in [9.17, 15) is 9.59 Å². The summed E-state index contributed by atoms with van der Waals surface area (Å²) in [5.74, 6) is 0.325. The van der Waals surface area contributed by atoms with Crippen molar-refractivity contribution >= 4 is 17.2 Å². The van der Waals surface area contributed by atoms with Gasteiger partial charge in [-0.25, -0.2) is 4.68 Å². The molecule has 0 radical (unpaired) electrons. The molecule has 0 unspecified atom stereocenters. The van der Waals surface area contributed by atoms with E-state index in [0.717, 1.165) is 41.1 Å². The van der Waals surface area contributed by atoms with Gasteiger partial charge < -0.3 is 9.84 Å². The summed E-state index contributed by atoms with van der Waals surface area (Å²) in [5, 5.41) is 11.6. The van der Waals surface area contributed by atoms with Crippen molar-refractivity contribution in [2.45, 2.75) is 71.4 Å². The van der Waals surface area contributed by atoms with Crippen molar-refractivity contribution in [2.24, 2.45) is 0 Å². The zero-order valence-corrected chi connectivity index (χ0v) is 18.8. The quantitative estimate of drug-likeness (QED) is 0.632. The number of rotatable bonds is 5. The molecule has 3 aromatic rings. The summed E-state index contributed by atoms with van der Waals surface area (Å²) in [6.07, 6.45) is 7.99. The van der Waals surface area contributed by atoms with E-state index in [0.29, 0.717) is 17.0 Å². The fourth-order valence-electron chi connectivity index (χ4n) is 4.04. The van der Waals surface area contributed by atoms with E-state index in [1.54, 1.807) is 17.4 Å². The highest BCUT2D eigenvalue weighted by Crippen LogP contribution is 2.33. The van der Waals surface area contributed by atoms with Gasteiger partial charge in [0.05, 0.1) is 16.1 Å². The molecule has 0 spiro atoms. The lowest BCUT2D eigenvalue weighted by molar-refractivity contribution is -0.122. The molecule has 3 aromatic heterocycles. The Balaban J connectivity index is 1.60. The number of nitrogens with one attached hydrogen (secondary N) is 1. The van der Waals surface area contributed by atoms with Crippen LogP contribution in [-0.2, 0) is 11.3 Å².